The minimum Gasteiger partial charge on any atom is -0.327 e. The van der Waals surface area contributed by atoms with Crippen molar-refractivity contribution in [1.82, 2.24) is 14.5 Å². The summed E-state index contributed by atoms with van der Waals surface area (Å²) >= 11 is 0. The van der Waals surface area contributed by atoms with Crippen molar-refractivity contribution >= 4 is 11.0 Å². The number of imidazole rings is 1. The van der Waals surface area contributed by atoms with Gasteiger partial charge in [-0.15, -0.1) is 0 Å². The predicted molar refractivity (Wildman–Crippen MR) is 107 cm³/mol. The Labute approximate surface area is 160 Å². The van der Waals surface area contributed by atoms with E-state index in [0.29, 0.717) is 5.56 Å². The van der Waals surface area contributed by atoms with Gasteiger partial charge in [-0.2, -0.15) is 5.26 Å². The fourth-order valence-corrected chi connectivity index (χ4v) is 4.75. The van der Waals surface area contributed by atoms with Gasteiger partial charge in [0.15, 0.2) is 0 Å². The summed E-state index contributed by atoms with van der Waals surface area (Å²) in [5.74, 6) is 1.22. The molecule has 0 unspecified atom stereocenters. The maximum absolute atomic E-state index is 9.01. The highest BCUT2D eigenvalue weighted by Crippen LogP contribution is 2.28. The van der Waals surface area contributed by atoms with Gasteiger partial charge in [-0.3, -0.25) is 4.90 Å². The van der Waals surface area contributed by atoms with Crippen molar-refractivity contribution in [2.45, 2.75) is 44.7 Å². The number of hydrogen-bond acceptors (Lipinski definition) is 3. The molecule has 1 fully saturated rings. The number of nitrogens with zero attached hydrogens (tertiary/aromatic N) is 4. The number of hydrogen-bond donors (Lipinski definition) is 0. The number of fused-ring (bicyclic) bond motifs is 3. The van der Waals surface area contributed by atoms with Crippen molar-refractivity contribution in [3.05, 3.63) is 53.9 Å². The van der Waals surface area contributed by atoms with Crippen LogP contribution in [0.25, 0.3) is 22.2 Å². The Bertz CT molecular complexity index is 1000. The molecule has 4 heteroatoms. The lowest BCUT2D eigenvalue weighted by Crippen LogP contribution is -2.35. The maximum atomic E-state index is 9.01. The zero-order valence-electron chi connectivity index (χ0n) is 15.6. The van der Waals surface area contributed by atoms with Gasteiger partial charge < -0.3 is 4.57 Å². The van der Waals surface area contributed by atoms with Crippen LogP contribution in [-0.2, 0) is 13.0 Å². The van der Waals surface area contributed by atoms with Crippen molar-refractivity contribution < 1.29 is 0 Å². The molecule has 1 aromatic heterocycles. The molecule has 0 N–H and O–H groups in total. The van der Waals surface area contributed by atoms with E-state index in [1.165, 1.54) is 42.6 Å². The topological polar surface area (TPSA) is 44.9 Å². The Balaban J connectivity index is 1.46. The average molecular weight is 356 g/mol. The summed E-state index contributed by atoms with van der Waals surface area (Å²) in [6.45, 7) is 3.29. The van der Waals surface area contributed by atoms with Crippen LogP contribution in [0.5, 0.6) is 0 Å². The molecule has 136 valence electrons. The molecule has 0 spiro atoms. The van der Waals surface area contributed by atoms with Gasteiger partial charge in [0.05, 0.1) is 22.7 Å². The molecule has 3 aromatic rings. The molecule has 0 amide bonds. The van der Waals surface area contributed by atoms with Crippen molar-refractivity contribution in [2.75, 3.05) is 13.1 Å². The van der Waals surface area contributed by atoms with E-state index in [-0.39, 0.29) is 0 Å². The van der Waals surface area contributed by atoms with E-state index >= 15 is 0 Å². The molecule has 0 bridgehead atoms. The Morgan fingerprint density at radius 3 is 2.48 bits per heavy atom. The SMILES string of the molecule is N#Cc1ccc(-c2ccc3nc4n(c3c2)CCN(C2CCCC2)CC4)cc1. The van der Waals surface area contributed by atoms with E-state index in [0.717, 1.165) is 43.2 Å². The van der Waals surface area contributed by atoms with Crippen LogP contribution < -0.4 is 0 Å². The molecular weight excluding hydrogens is 332 g/mol. The van der Waals surface area contributed by atoms with Crippen molar-refractivity contribution in [3.63, 3.8) is 0 Å². The third kappa shape index (κ3) is 3.02. The molecule has 2 aliphatic rings. The zero-order valence-corrected chi connectivity index (χ0v) is 15.6. The molecule has 1 aliphatic carbocycles. The molecule has 4 nitrogen and oxygen atoms in total. The third-order valence-corrected chi connectivity index (χ3v) is 6.25. The monoisotopic (exact) mass is 356 g/mol. The van der Waals surface area contributed by atoms with Gasteiger partial charge in [0, 0.05) is 32.1 Å². The first kappa shape index (κ1) is 16.5. The molecule has 5 rings (SSSR count). The quantitative estimate of drug-likeness (QED) is 0.685. The lowest BCUT2D eigenvalue weighted by Gasteiger charge is -2.26. The normalized spacial score (nSPS) is 18.3. The summed E-state index contributed by atoms with van der Waals surface area (Å²) in [5.41, 5.74) is 5.36. The van der Waals surface area contributed by atoms with E-state index in [2.05, 4.69) is 33.7 Å². The van der Waals surface area contributed by atoms with Crippen LogP contribution in [0.2, 0.25) is 0 Å². The minimum atomic E-state index is 0.699. The van der Waals surface area contributed by atoms with E-state index in [4.69, 9.17) is 10.2 Å². The van der Waals surface area contributed by atoms with Crippen LogP contribution in [0.3, 0.4) is 0 Å². The zero-order chi connectivity index (χ0) is 18.2. The first-order valence-electron chi connectivity index (χ1n) is 10.1. The largest absolute Gasteiger partial charge is 0.327 e. The summed E-state index contributed by atoms with van der Waals surface area (Å²) in [6.07, 6.45) is 6.56. The van der Waals surface area contributed by atoms with E-state index in [1.807, 2.05) is 24.3 Å². The van der Waals surface area contributed by atoms with Gasteiger partial charge in [-0.05, 0) is 48.2 Å². The molecule has 0 saturated heterocycles. The lowest BCUT2D eigenvalue weighted by atomic mass is 10.0. The van der Waals surface area contributed by atoms with Gasteiger partial charge in [0.25, 0.3) is 0 Å². The van der Waals surface area contributed by atoms with Gasteiger partial charge >= 0.3 is 0 Å². The number of benzene rings is 2. The van der Waals surface area contributed by atoms with E-state index in [1.54, 1.807) is 0 Å². The standard InChI is InChI=1S/C23H24N4/c24-16-17-5-7-18(8-6-17)19-9-10-21-22(15-19)27-14-13-26(12-11-23(27)25-21)20-3-1-2-4-20/h5-10,15,20H,1-4,11-14H2. The Morgan fingerprint density at radius 2 is 1.70 bits per heavy atom. The maximum Gasteiger partial charge on any atom is 0.111 e. The van der Waals surface area contributed by atoms with Crippen molar-refractivity contribution in [2.24, 2.45) is 0 Å². The second-order valence-corrected chi connectivity index (χ2v) is 7.80. The highest BCUT2D eigenvalue weighted by Gasteiger charge is 2.25. The highest BCUT2D eigenvalue weighted by molar-refractivity contribution is 5.83. The first-order chi connectivity index (χ1) is 13.3. The Hall–Kier alpha value is -2.64. The molecule has 0 atom stereocenters. The Kier molecular flexibility index (Phi) is 4.18. The third-order valence-electron chi connectivity index (χ3n) is 6.25. The molecular formula is C23H24N4. The first-order valence-corrected chi connectivity index (χ1v) is 10.1. The van der Waals surface area contributed by atoms with Crippen LogP contribution in [-0.4, -0.2) is 33.6 Å². The number of rotatable bonds is 2. The molecule has 1 saturated carbocycles. The molecule has 27 heavy (non-hydrogen) atoms. The van der Waals surface area contributed by atoms with Crippen molar-refractivity contribution in [3.8, 4) is 17.2 Å². The predicted octanol–water partition coefficient (Wildman–Crippen LogP) is 4.38. The average Bonchev–Trinajstić information content (AvgIpc) is 3.31. The van der Waals surface area contributed by atoms with Gasteiger partial charge in [0.2, 0.25) is 0 Å². The second-order valence-electron chi connectivity index (χ2n) is 7.80. The van der Waals surface area contributed by atoms with Crippen LogP contribution >= 0.6 is 0 Å². The van der Waals surface area contributed by atoms with Gasteiger partial charge in [0.1, 0.15) is 5.82 Å². The minimum absolute atomic E-state index is 0.699. The summed E-state index contributed by atoms with van der Waals surface area (Å²) in [7, 11) is 0. The fraction of sp³-hybridized carbons (Fsp3) is 0.391. The second kappa shape index (κ2) is 6.83. The van der Waals surface area contributed by atoms with Crippen LogP contribution in [0.4, 0.5) is 0 Å². The van der Waals surface area contributed by atoms with Crippen LogP contribution in [0, 0.1) is 11.3 Å². The van der Waals surface area contributed by atoms with Gasteiger partial charge in [-0.25, -0.2) is 4.98 Å². The number of aromatic nitrogens is 2. The molecule has 2 heterocycles. The fourth-order valence-electron chi connectivity index (χ4n) is 4.75. The summed E-state index contributed by atoms with van der Waals surface area (Å²) in [4.78, 5) is 7.62. The molecule has 1 aliphatic heterocycles. The number of nitriles is 1. The van der Waals surface area contributed by atoms with E-state index < -0.39 is 0 Å². The highest BCUT2D eigenvalue weighted by atomic mass is 15.2. The van der Waals surface area contributed by atoms with Gasteiger partial charge in [-0.1, -0.05) is 31.0 Å². The summed E-state index contributed by atoms with van der Waals surface area (Å²) < 4.78 is 2.43. The summed E-state index contributed by atoms with van der Waals surface area (Å²) in [6, 6.07) is 17.3. The summed E-state index contributed by atoms with van der Waals surface area (Å²) in [5, 5.41) is 9.01. The smallest absolute Gasteiger partial charge is 0.111 e. The van der Waals surface area contributed by atoms with Crippen molar-refractivity contribution in [1.29, 1.82) is 5.26 Å². The Morgan fingerprint density at radius 1 is 0.926 bits per heavy atom. The van der Waals surface area contributed by atoms with Crippen LogP contribution in [0.1, 0.15) is 37.1 Å². The molecule has 0 radical (unpaired) electrons. The lowest BCUT2D eigenvalue weighted by molar-refractivity contribution is 0.203. The molecule has 2 aromatic carbocycles. The van der Waals surface area contributed by atoms with Crippen LogP contribution in [0.15, 0.2) is 42.5 Å². The van der Waals surface area contributed by atoms with E-state index in [9.17, 15) is 0 Å².